The average molecular weight is 248 g/mol. The van der Waals surface area contributed by atoms with Crippen molar-refractivity contribution in [2.45, 2.75) is 66.1 Å². The van der Waals surface area contributed by atoms with E-state index in [0.29, 0.717) is 11.8 Å². The molecule has 1 aromatic rings. The fourth-order valence-electron chi connectivity index (χ4n) is 2.39. The largest absolute Gasteiger partial charge is 0.0776 e. The van der Waals surface area contributed by atoms with Crippen LogP contribution in [0, 0.1) is 6.92 Å². The summed E-state index contributed by atoms with van der Waals surface area (Å²) in [5.74, 6) is 1.26. The van der Waals surface area contributed by atoms with Gasteiger partial charge in [0.2, 0.25) is 0 Å². The molecule has 0 bridgehead atoms. The summed E-state index contributed by atoms with van der Waals surface area (Å²) >= 11 is 0. The fraction of sp³-hybridized carbons (Fsp3) is 0.625. The smallest absolute Gasteiger partial charge is 0.0656 e. The van der Waals surface area contributed by atoms with Crippen LogP contribution < -0.4 is 5.19 Å². The lowest BCUT2D eigenvalue weighted by molar-refractivity contribution is 0.819. The molecule has 0 aliphatic rings. The van der Waals surface area contributed by atoms with E-state index in [4.69, 9.17) is 0 Å². The third-order valence-corrected chi connectivity index (χ3v) is 5.62. The highest BCUT2D eigenvalue weighted by Crippen LogP contribution is 2.27. The van der Waals surface area contributed by atoms with Crippen LogP contribution in [0.25, 0.3) is 0 Å². The second kappa shape index (κ2) is 4.97. The molecule has 0 fully saturated rings. The predicted molar refractivity (Wildman–Crippen MR) is 82.3 cm³/mol. The maximum absolute atomic E-state index is 2.47. The number of hydrogen-bond acceptors (Lipinski definition) is 0. The zero-order valence-electron chi connectivity index (χ0n) is 12.8. The van der Waals surface area contributed by atoms with Gasteiger partial charge in [0, 0.05) is 0 Å². The molecule has 0 spiro atoms. The van der Waals surface area contributed by atoms with Crippen LogP contribution in [0.3, 0.4) is 0 Å². The summed E-state index contributed by atoms with van der Waals surface area (Å²) in [6, 6.07) is 4.94. The van der Waals surface area contributed by atoms with Crippen molar-refractivity contribution in [2.24, 2.45) is 0 Å². The second-order valence-electron chi connectivity index (χ2n) is 6.84. The van der Waals surface area contributed by atoms with E-state index in [1.807, 2.05) is 0 Å². The first-order valence-corrected chi connectivity index (χ1v) is 10.3. The monoisotopic (exact) mass is 248 g/mol. The topological polar surface area (TPSA) is 0 Å². The Morgan fingerprint density at radius 2 is 1.18 bits per heavy atom. The van der Waals surface area contributed by atoms with Gasteiger partial charge in [0.05, 0.1) is 8.07 Å². The second-order valence-corrected chi connectivity index (χ2v) is 11.9. The standard InChI is InChI=1S/C16H28Si/c1-11(2)15-9-14(17(6,7)8)10-16(12(3)4)13(15)5/h9-12H,1-8H3. The van der Waals surface area contributed by atoms with Crippen LogP contribution in [0.15, 0.2) is 12.1 Å². The van der Waals surface area contributed by atoms with Gasteiger partial charge in [-0.3, -0.25) is 0 Å². The Kier molecular flexibility index (Phi) is 4.24. The summed E-state index contributed by atoms with van der Waals surface area (Å²) in [6.07, 6.45) is 0. The van der Waals surface area contributed by atoms with E-state index >= 15 is 0 Å². The minimum absolute atomic E-state index is 0.629. The SMILES string of the molecule is Cc1c(C(C)C)cc([Si](C)(C)C)cc1C(C)C. The van der Waals surface area contributed by atoms with E-state index in [9.17, 15) is 0 Å². The lowest BCUT2D eigenvalue weighted by atomic mass is 9.90. The first-order valence-electron chi connectivity index (χ1n) is 6.79. The van der Waals surface area contributed by atoms with Crippen LogP contribution in [0.1, 0.15) is 56.2 Å². The molecule has 0 aromatic heterocycles. The molecular weight excluding hydrogens is 220 g/mol. The molecule has 96 valence electrons. The summed E-state index contributed by atoms with van der Waals surface area (Å²) in [6.45, 7) is 18.8. The summed E-state index contributed by atoms with van der Waals surface area (Å²) in [4.78, 5) is 0. The summed E-state index contributed by atoms with van der Waals surface area (Å²) in [5, 5.41) is 1.61. The summed E-state index contributed by atoms with van der Waals surface area (Å²) < 4.78 is 0. The van der Waals surface area contributed by atoms with Crippen molar-refractivity contribution in [3.8, 4) is 0 Å². The van der Waals surface area contributed by atoms with Gasteiger partial charge < -0.3 is 0 Å². The molecule has 0 unspecified atom stereocenters. The minimum Gasteiger partial charge on any atom is -0.0656 e. The fourth-order valence-corrected chi connectivity index (χ4v) is 3.57. The van der Waals surface area contributed by atoms with Crippen molar-refractivity contribution in [2.75, 3.05) is 0 Å². The molecule has 1 aromatic carbocycles. The zero-order chi connectivity index (χ0) is 13.4. The Morgan fingerprint density at radius 3 is 1.41 bits per heavy atom. The first-order chi connectivity index (χ1) is 7.64. The van der Waals surface area contributed by atoms with Crippen LogP contribution in [-0.4, -0.2) is 8.07 Å². The molecule has 0 amide bonds. The highest BCUT2D eigenvalue weighted by atomic mass is 28.3. The summed E-state index contributed by atoms with van der Waals surface area (Å²) in [5.41, 5.74) is 4.61. The van der Waals surface area contributed by atoms with E-state index in [1.54, 1.807) is 16.3 Å². The number of rotatable bonds is 3. The average Bonchev–Trinajstić information content (AvgIpc) is 2.14. The van der Waals surface area contributed by atoms with Gasteiger partial charge in [0.1, 0.15) is 0 Å². The molecule has 0 nitrogen and oxygen atoms in total. The van der Waals surface area contributed by atoms with Crippen molar-refractivity contribution in [1.82, 2.24) is 0 Å². The molecule has 0 atom stereocenters. The minimum atomic E-state index is -1.21. The Hall–Kier alpha value is -0.563. The Morgan fingerprint density at radius 1 is 0.824 bits per heavy atom. The molecule has 17 heavy (non-hydrogen) atoms. The number of benzene rings is 1. The summed E-state index contributed by atoms with van der Waals surface area (Å²) in [7, 11) is -1.21. The van der Waals surface area contributed by atoms with Gasteiger partial charge in [-0.05, 0) is 35.4 Å². The molecular formula is C16H28Si. The Labute approximate surface area is 108 Å². The van der Waals surface area contributed by atoms with Crippen molar-refractivity contribution < 1.29 is 0 Å². The van der Waals surface area contributed by atoms with Gasteiger partial charge in [0.15, 0.2) is 0 Å². The molecule has 0 saturated carbocycles. The number of hydrogen-bond donors (Lipinski definition) is 0. The van der Waals surface area contributed by atoms with Crippen LogP contribution >= 0.6 is 0 Å². The van der Waals surface area contributed by atoms with Gasteiger partial charge in [0.25, 0.3) is 0 Å². The molecule has 1 heteroatoms. The van der Waals surface area contributed by atoms with Crippen LogP contribution in [-0.2, 0) is 0 Å². The molecule has 0 aliphatic heterocycles. The van der Waals surface area contributed by atoms with Gasteiger partial charge in [-0.25, -0.2) is 0 Å². The predicted octanol–water partition coefficient (Wildman–Crippen LogP) is 4.79. The molecule has 0 aliphatic carbocycles. The molecule has 0 heterocycles. The van der Waals surface area contributed by atoms with Crippen molar-refractivity contribution in [3.05, 3.63) is 28.8 Å². The van der Waals surface area contributed by atoms with Gasteiger partial charge >= 0.3 is 0 Å². The molecule has 0 radical (unpaired) electrons. The normalized spacial score (nSPS) is 12.6. The van der Waals surface area contributed by atoms with E-state index in [2.05, 4.69) is 66.4 Å². The third kappa shape index (κ3) is 3.22. The quantitative estimate of drug-likeness (QED) is 0.675. The van der Waals surface area contributed by atoms with E-state index in [0.717, 1.165) is 0 Å². The molecule has 0 N–H and O–H groups in total. The maximum atomic E-state index is 2.47. The molecule has 1 rings (SSSR count). The van der Waals surface area contributed by atoms with Crippen molar-refractivity contribution >= 4 is 13.3 Å². The van der Waals surface area contributed by atoms with Crippen LogP contribution in [0.5, 0.6) is 0 Å². The van der Waals surface area contributed by atoms with E-state index in [-0.39, 0.29) is 0 Å². The van der Waals surface area contributed by atoms with Crippen molar-refractivity contribution in [3.63, 3.8) is 0 Å². The molecule has 0 saturated heterocycles. The lowest BCUT2D eigenvalue weighted by Crippen LogP contribution is -2.38. The van der Waals surface area contributed by atoms with Crippen LogP contribution in [0.2, 0.25) is 19.6 Å². The zero-order valence-corrected chi connectivity index (χ0v) is 13.8. The van der Waals surface area contributed by atoms with E-state index in [1.165, 1.54) is 5.56 Å². The lowest BCUT2D eigenvalue weighted by Gasteiger charge is -2.24. The first kappa shape index (κ1) is 14.5. The van der Waals surface area contributed by atoms with Crippen molar-refractivity contribution in [1.29, 1.82) is 0 Å². The highest BCUT2D eigenvalue weighted by Gasteiger charge is 2.20. The third-order valence-electron chi connectivity index (χ3n) is 3.60. The van der Waals surface area contributed by atoms with Gasteiger partial charge in [-0.15, -0.1) is 0 Å². The van der Waals surface area contributed by atoms with Crippen LogP contribution in [0.4, 0.5) is 0 Å². The van der Waals surface area contributed by atoms with Gasteiger partial charge in [-0.1, -0.05) is 64.7 Å². The highest BCUT2D eigenvalue weighted by molar-refractivity contribution is 6.88. The Bertz CT molecular complexity index is 365. The van der Waals surface area contributed by atoms with E-state index < -0.39 is 8.07 Å². The van der Waals surface area contributed by atoms with Gasteiger partial charge in [-0.2, -0.15) is 0 Å². The Balaban J connectivity index is 3.48. The maximum Gasteiger partial charge on any atom is 0.0776 e.